The Kier molecular flexibility index (Phi) is 6.34. The maximum atomic E-state index is 13.2. The molecule has 154 valence electrons. The fraction of sp³-hybridized carbons (Fsp3) is 0.333. The lowest BCUT2D eigenvalue weighted by atomic mass is 10.0. The van der Waals surface area contributed by atoms with E-state index in [2.05, 4.69) is 5.32 Å². The number of amides is 1. The quantitative estimate of drug-likeness (QED) is 0.751. The van der Waals surface area contributed by atoms with Crippen molar-refractivity contribution >= 4 is 27.4 Å². The molecule has 3 rings (SSSR count). The Labute approximate surface area is 170 Å². The fourth-order valence-electron chi connectivity index (χ4n) is 3.40. The number of sulfone groups is 1. The molecule has 0 aromatic heterocycles. The summed E-state index contributed by atoms with van der Waals surface area (Å²) in [5.74, 6) is -0.612. The lowest BCUT2D eigenvalue weighted by molar-refractivity contribution is -0.121. The molecular formula is C21H24N2O5S. The van der Waals surface area contributed by atoms with Gasteiger partial charge in [0.25, 0.3) is 0 Å². The van der Waals surface area contributed by atoms with Crippen molar-refractivity contribution in [3.8, 4) is 0 Å². The Balaban J connectivity index is 1.85. The van der Waals surface area contributed by atoms with Crippen LogP contribution in [0.3, 0.4) is 0 Å². The lowest BCUT2D eigenvalue weighted by Crippen LogP contribution is -2.46. The highest BCUT2D eigenvalue weighted by molar-refractivity contribution is 7.91. The number of benzene rings is 2. The smallest absolute Gasteiger partial charge is 0.337 e. The zero-order valence-electron chi connectivity index (χ0n) is 16.4. The summed E-state index contributed by atoms with van der Waals surface area (Å²) in [4.78, 5) is 26.8. The highest BCUT2D eigenvalue weighted by Gasteiger charge is 2.32. The van der Waals surface area contributed by atoms with E-state index in [1.807, 2.05) is 35.2 Å². The van der Waals surface area contributed by atoms with Crippen LogP contribution in [0.1, 0.15) is 27.5 Å². The van der Waals surface area contributed by atoms with Crippen LogP contribution in [-0.4, -0.2) is 56.9 Å². The van der Waals surface area contributed by atoms with Gasteiger partial charge in [0, 0.05) is 18.8 Å². The molecule has 1 aliphatic rings. The minimum atomic E-state index is -3.06. The fourth-order valence-corrected chi connectivity index (χ4v) is 4.63. The Hall–Kier alpha value is -2.71. The summed E-state index contributed by atoms with van der Waals surface area (Å²) in [6.45, 7) is 2.40. The van der Waals surface area contributed by atoms with Crippen LogP contribution in [-0.2, 0) is 19.4 Å². The second-order valence-corrected chi connectivity index (χ2v) is 9.32. The van der Waals surface area contributed by atoms with Gasteiger partial charge in [-0.05, 0) is 36.2 Å². The topological polar surface area (TPSA) is 92.8 Å². The molecule has 1 atom stereocenters. The van der Waals surface area contributed by atoms with Gasteiger partial charge in [-0.25, -0.2) is 13.2 Å². The molecule has 8 heteroatoms. The largest absolute Gasteiger partial charge is 0.465 e. The summed E-state index contributed by atoms with van der Waals surface area (Å²) in [6, 6.07) is 13.6. The minimum Gasteiger partial charge on any atom is -0.465 e. The van der Waals surface area contributed by atoms with Gasteiger partial charge in [-0.15, -0.1) is 0 Å². The summed E-state index contributed by atoms with van der Waals surface area (Å²) in [5.41, 5.74) is 2.53. The third-order valence-corrected chi connectivity index (χ3v) is 6.62. The number of anilines is 1. The van der Waals surface area contributed by atoms with Gasteiger partial charge in [0.15, 0.2) is 9.84 Å². The van der Waals surface area contributed by atoms with E-state index >= 15 is 0 Å². The predicted molar refractivity (Wildman–Crippen MR) is 111 cm³/mol. The second kappa shape index (κ2) is 8.75. The van der Waals surface area contributed by atoms with Gasteiger partial charge in [-0.2, -0.15) is 0 Å². The zero-order valence-corrected chi connectivity index (χ0v) is 17.2. The number of esters is 1. The third-order valence-electron chi connectivity index (χ3n) is 5.01. The summed E-state index contributed by atoms with van der Waals surface area (Å²) in [6.07, 6.45) is 0. The first-order chi connectivity index (χ1) is 13.8. The summed E-state index contributed by atoms with van der Waals surface area (Å²) >= 11 is 0. The number of rotatable bonds is 5. The Morgan fingerprint density at radius 2 is 1.72 bits per heavy atom. The number of ether oxygens (including phenoxy) is 1. The molecule has 2 aromatic carbocycles. The van der Waals surface area contributed by atoms with Crippen LogP contribution in [0, 0.1) is 6.92 Å². The normalized spacial score (nSPS) is 17.3. The molecule has 1 fully saturated rings. The average Bonchev–Trinajstić information content (AvgIpc) is 2.71. The molecule has 29 heavy (non-hydrogen) atoms. The number of aryl methyl sites for hydroxylation is 1. The van der Waals surface area contributed by atoms with E-state index in [4.69, 9.17) is 4.74 Å². The predicted octanol–water partition coefficient (Wildman–Crippen LogP) is 2.19. The van der Waals surface area contributed by atoms with Crippen LogP contribution < -0.4 is 5.32 Å². The Morgan fingerprint density at radius 3 is 2.31 bits per heavy atom. The van der Waals surface area contributed by atoms with E-state index in [1.165, 1.54) is 7.11 Å². The number of nitrogens with zero attached hydrogens (tertiary/aromatic N) is 1. The van der Waals surface area contributed by atoms with E-state index in [9.17, 15) is 18.0 Å². The van der Waals surface area contributed by atoms with Crippen molar-refractivity contribution in [1.29, 1.82) is 0 Å². The standard InChI is InChI=1S/C21H24N2O5S/c1-15-14-17(21(25)28-2)8-9-18(15)22-20(24)19(16-6-4-3-5-7-16)23-10-12-29(26,27)13-11-23/h3-9,14,19H,10-13H2,1-2H3,(H,22,24). The summed E-state index contributed by atoms with van der Waals surface area (Å²) in [5, 5.41) is 2.93. The maximum absolute atomic E-state index is 13.2. The molecule has 1 aliphatic heterocycles. The third kappa shape index (κ3) is 5.02. The van der Waals surface area contributed by atoms with Crippen LogP contribution in [0.2, 0.25) is 0 Å². The van der Waals surface area contributed by atoms with Crippen molar-refractivity contribution in [2.24, 2.45) is 0 Å². The van der Waals surface area contributed by atoms with E-state index in [0.29, 0.717) is 24.3 Å². The van der Waals surface area contributed by atoms with Crippen molar-refractivity contribution < 1.29 is 22.7 Å². The summed E-state index contributed by atoms with van der Waals surface area (Å²) < 4.78 is 28.3. The first kappa shape index (κ1) is 21.0. The number of hydrogen-bond donors (Lipinski definition) is 1. The maximum Gasteiger partial charge on any atom is 0.337 e. The van der Waals surface area contributed by atoms with Gasteiger partial charge in [0.05, 0.1) is 24.2 Å². The van der Waals surface area contributed by atoms with Gasteiger partial charge < -0.3 is 10.1 Å². The molecule has 1 saturated heterocycles. The molecule has 0 spiro atoms. The van der Waals surface area contributed by atoms with E-state index in [0.717, 1.165) is 11.1 Å². The molecule has 0 aliphatic carbocycles. The first-order valence-electron chi connectivity index (χ1n) is 9.30. The van der Waals surface area contributed by atoms with Gasteiger partial charge >= 0.3 is 5.97 Å². The van der Waals surface area contributed by atoms with Crippen molar-refractivity contribution in [2.75, 3.05) is 37.0 Å². The molecule has 2 aromatic rings. The number of hydrogen-bond acceptors (Lipinski definition) is 6. The molecule has 0 saturated carbocycles. The molecular weight excluding hydrogens is 392 g/mol. The molecule has 1 unspecified atom stereocenters. The van der Waals surface area contributed by atoms with Crippen molar-refractivity contribution in [2.45, 2.75) is 13.0 Å². The Morgan fingerprint density at radius 1 is 1.07 bits per heavy atom. The van der Waals surface area contributed by atoms with Gasteiger partial charge in [-0.3, -0.25) is 9.69 Å². The lowest BCUT2D eigenvalue weighted by Gasteiger charge is -2.33. The zero-order chi connectivity index (χ0) is 21.0. The highest BCUT2D eigenvalue weighted by atomic mass is 32.2. The van der Waals surface area contributed by atoms with Crippen LogP contribution in [0.15, 0.2) is 48.5 Å². The number of methoxy groups -OCH3 is 1. The molecule has 1 heterocycles. The SMILES string of the molecule is COC(=O)c1ccc(NC(=O)C(c2ccccc2)N2CCS(=O)(=O)CC2)c(C)c1. The van der Waals surface area contributed by atoms with E-state index in [-0.39, 0.29) is 17.4 Å². The number of carbonyl (C=O) groups is 2. The van der Waals surface area contributed by atoms with Gasteiger partial charge in [0.2, 0.25) is 5.91 Å². The van der Waals surface area contributed by atoms with Crippen molar-refractivity contribution in [3.63, 3.8) is 0 Å². The van der Waals surface area contributed by atoms with E-state index < -0.39 is 21.8 Å². The first-order valence-corrected chi connectivity index (χ1v) is 11.1. The number of nitrogens with one attached hydrogen (secondary N) is 1. The van der Waals surface area contributed by atoms with Crippen molar-refractivity contribution in [1.82, 2.24) is 4.90 Å². The van der Waals surface area contributed by atoms with Crippen LogP contribution in [0.5, 0.6) is 0 Å². The van der Waals surface area contributed by atoms with Crippen LogP contribution >= 0.6 is 0 Å². The van der Waals surface area contributed by atoms with Crippen LogP contribution in [0.25, 0.3) is 0 Å². The second-order valence-electron chi connectivity index (χ2n) is 7.01. The Bertz CT molecular complexity index is 991. The molecule has 1 N–H and O–H groups in total. The monoisotopic (exact) mass is 416 g/mol. The molecule has 0 radical (unpaired) electrons. The van der Waals surface area contributed by atoms with Gasteiger partial charge in [-0.1, -0.05) is 30.3 Å². The van der Waals surface area contributed by atoms with Crippen LogP contribution in [0.4, 0.5) is 5.69 Å². The highest BCUT2D eigenvalue weighted by Crippen LogP contribution is 2.26. The molecule has 1 amide bonds. The summed E-state index contributed by atoms with van der Waals surface area (Å²) in [7, 11) is -1.74. The molecule has 7 nitrogen and oxygen atoms in total. The molecule has 0 bridgehead atoms. The average molecular weight is 416 g/mol. The van der Waals surface area contributed by atoms with E-state index in [1.54, 1.807) is 25.1 Å². The van der Waals surface area contributed by atoms with Crippen molar-refractivity contribution in [3.05, 3.63) is 65.2 Å². The number of carbonyl (C=O) groups excluding carboxylic acids is 2. The van der Waals surface area contributed by atoms with Gasteiger partial charge in [0.1, 0.15) is 6.04 Å². The minimum absolute atomic E-state index is 0.0382.